The van der Waals surface area contributed by atoms with Crippen LogP contribution in [-0.2, 0) is 10.2 Å². The third-order valence-electron chi connectivity index (χ3n) is 19.3. The highest BCUT2D eigenvalue weighted by molar-refractivity contribution is 5.89. The normalized spacial score (nSPS) is 29.2. The molecule has 0 aliphatic heterocycles. The Hall–Kier alpha value is -3.09. The Balaban J connectivity index is 1.25. The van der Waals surface area contributed by atoms with Crippen molar-refractivity contribution in [3.63, 3.8) is 0 Å². The van der Waals surface area contributed by atoms with Gasteiger partial charge in [-0.1, -0.05) is 228 Å². The van der Waals surface area contributed by atoms with Crippen LogP contribution in [0, 0.1) is 52.3 Å². The van der Waals surface area contributed by atoms with Gasteiger partial charge < -0.3 is 20.4 Å². The van der Waals surface area contributed by atoms with E-state index in [1.807, 2.05) is 91.0 Å². The topological polar surface area (TPSA) is 98.0 Å². The van der Waals surface area contributed by atoms with E-state index in [-0.39, 0.29) is 24.2 Å². The molecule has 0 amide bonds. The standard InChI is InChI=1S/C63H92O5/c1-7-8-9-10-11-12-13-14-15-16-26-36-57(65)63(68,59(67)62(47-30-20-17-21-31-47,48-32-22-18-23-33-48)49-34-24-19-25-35-49)58(66)56-44-51(64)43-50-37-38-52-54-40-39-53(46(4)29-27-28-45(2)3)60(54,5)42-41-55(52)61(50,56)6/h17-25,30-35,37,45-46,51-56,58-59,64,66-68H,7-16,26-29,36,38-44H2,1-6H3/t46-,51-,52+,53-,54+,55+,56?,58?,59?,60-,61-,63?/m1/s1. The molecule has 0 aromatic heterocycles. The molecule has 0 bridgehead atoms. The van der Waals surface area contributed by atoms with Crippen molar-refractivity contribution in [2.75, 3.05) is 0 Å². The van der Waals surface area contributed by atoms with Gasteiger partial charge in [0.05, 0.1) is 17.6 Å². The molecule has 3 saturated carbocycles. The molecular formula is C63H92O5. The van der Waals surface area contributed by atoms with Crippen LogP contribution in [0.2, 0.25) is 0 Å². The maximum atomic E-state index is 15.6. The van der Waals surface area contributed by atoms with Crippen LogP contribution >= 0.6 is 0 Å². The van der Waals surface area contributed by atoms with Crippen LogP contribution in [0.3, 0.4) is 0 Å². The molecule has 5 nitrogen and oxygen atoms in total. The van der Waals surface area contributed by atoms with Gasteiger partial charge in [0.15, 0.2) is 11.4 Å². The van der Waals surface area contributed by atoms with Crippen molar-refractivity contribution >= 4 is 5.78 Å². The molecule has 0 spiro atoms. The first kappa shape index (κ1) is 52.7. The van der Waals surface area contributed by atoms with E-state index in [9.17, 15) is 20.4 Å². The zero-order valence-corrected chi connectivity index (χ0v) is 43.3. The van der Waals surface area contributed by atoms with Gasteiger partial charge in [0, 0.05) is 12.3 Å². The number of carbonyl (C=O) groups excluding carboxylic acids is 1. The highest BCUT2D eigenvalue weighted by Gasteiger charge is 2.66. The van der Waals surface area contributed by atoms with Gasteiger partial charge in [0.2, 0.25) is 0 Å². The fourth-order valence-corrected chi connectivity index (χ4v) is 15.6. The van der Waals surface area contributed by atoms with E-state index < -0.39 is 46.4 Å². The van der Waals surface area contributed by atoms with Crippen LogP contribution in [0.25, 0.3) is 0 Å². The summed E-state index contributed by atoms with van der Waals surface area (Å²) in [4.78, 5) is 15.6. The molecule has 4 unspecified atom stereocenters. The van der Waals surface area contributed by atoms with E-state index in [2.05, 4.69) is 47.6 Å². The maximum Gasteiger partial charge on any atom is 0.176 e. The first-order chi connectivity index (χ1) is 32.7. The van der Waals surface area contributed by atoms with Gasteiger partial charge in [-0.2, -0.15) is 0 Å². The first-order valence-corrected chi connectivity index (χ1v) is 27.9. The monoisotopic (exact) mass is 929 g/mol. The zero-order chi connectivity index (χ0) is 48.5. The van der Waals surface area contributed by atoms with Crippen LogP contribution in [0.1, 0.15) is 199 Å². The number of Topliss-reactive ketones (excluding diaryl/α,β-unsaturated/α-hetero) is 1. The second kappa shape index (κ2) is 23.4. The quantitative estimate of drug-likeness (QED) is 0.0385. The third kappa shape index (κ3) is 10.4. The van der Waals surface area contributed by atoms with E-state index >= 15 is 4.79 Å². The zero-order valence-electron chi connectivity index (χ0n) is 43.3. The van der Waals surface area contributed by atoms with Gasteiger partial charge >= 0.3 is 0 Å². The number of aliphatic hydroxyl groups is 4. The highest BCUT2D eigenvalue weighted by atomic mass is 16.4. The summed E-state index contributed by atoms with van der Waals surface area (Å²) >= 11 is 0. The average Bonchev–Trinajstić information content (AvgIpc) is 3.71. The number of hydrogen-bond acceptors (Lipinski definition) is 5. The number of hydrogen-bond donors (Lipinski definition) is 4. The summed E-state index contributed by atoms with van der Waals surface area (Å²) in [7, 11) is 0. The molecule has 374 valence electrons. The molecular weight excluding hydrogens is 837 g/mol. The molecule has 0 radical (unpaired) electrons. The van der Waals surface area contributed by atoms with Crippen molar-refractivity contribution < 1.29 is 25.2 Å². The molecule has 0 saturated heterocycles. The van der Waals surface area contributed by atoms with E-state index in [0.717, 1.165) is 66.7 Å². The van der Waals surface area contributed by atoms with Crippen molar-refractivity contribution in [1.82, 2.24) is 0 Å². The highest BCUT2D eigenvalue weighted by Crippen LogP contribution is 2.69. The number of carbonyl (C=O) groups is 1. The SMILES string of the molecule is CCCCCCCCCCCCCC(=O)C(O)(C(O)C1C[C@H](O)CC2=CC[C@H]3[C@@H]4CC[C@H]([C@H](C)CCCC(C)C)[C@@]4(C)CC[C@@H]3[C@@]21C)C(O)C(c1ccccc1)(c1ccccc1)c1ccccc1. The largest absolute Gasteiger partial charge is 0.393 e. The lowest BCUT2D eigenvalue weighted by Gasteiger charge is -2.62. The Morgan fingerprint density at radius 3 is 1.74 bits per heavy atom. The van der Waals surface area contributed by atoms with E-state index in [0.29, 0.717) is 36.5 Å². The first-order valence-electron chi connectivity index (χ1n) is 27.9. The third-order valence-corrected chi connectivity index (χ3v) is 19.3. The van der Waals surface area contributed by atoms with Crippen molar-refractivity contribution in [2.24, 2.45) is 52.3 Å². The second-order valence-corrected chi connectivity index (χ2v) is 23.6. The summed E-state index contributed by atoms with van der Waals surface area (Å²) < 4.78 is 0. The van der Waals surface area contributed by atoms with Gasteiger partial charge in [0.25, 0.3) is 0 Å². The molecule has 5 heteroatoms. The van der Waals surface area contributed by atoms with Crippen LogP contribution < -0.4 is 0 Å². The minimum Gasteiger partial charge on any atom is -0.393 e. The number of allylic oxidation sites excluding steroid dienone is 1. The smallest absolute Gasteiger partial charge is 0.176 e. The molecule has 3 fully saturated rings. The predicted octanol–water partition coefficient (Wildman–Crippen LogP) is 14.4. The number of rotatable bonds is 25. The lowest BCUT2D eigenvalue weighted by atomic mass is 9.43. The summed E-state index contributed by atoms with van der Waals surface area (Å²) in [6.07, 6.45) is 21.0. The summed E-state index contributed by atoms with van der Waals surface area (Å²) in [6.45, 7) is 14.3. The Morgan fingerprint density at radius 1 is 0.676 bits per heavy atom. The minimum atomic E-state index is -2.59. The predicted molar refractivity (Wildman–Crippen MR) is 280 cm³/mol. The Kier molecular flexibility index (Phi) is 18.2. The minimum absolute atomic E-state index is 0.0496. The number of fused-ring (bicyclic) bond motifs is 5. The van der Waals surface area contributed by atoms with Crippen molar-refractivity contribution in [1.29, 1.82) is 0 Å². The van der Waals surface area contributed by atoms with Gasteiger partial charge in [-0.05, 0) is 114 Å². The van der Waals surface area contributed by atoms with Gasteiger partial charge in [-0.15, -0.1) is 0 Å². The van der Waals surface area contributed by atoms with Crippen molar-refractivity contribution in [3.05, 3.63) is 119 Å². The van der Waals surface area contributed by atoms with Crippen molar-refractivity contribution in [2.45, 2.75) is 212 Å². The van der Waals surface area contributed by atoms with Crippen LogP contribution in [0.15, 0.2) is 103 Å². The fraction of sp³-hybridized carbons (Fsp3) is 0.667. The van der Waals surface area contributed by atoms with E-state index in [4.69, 9.17) is 0 Å². The van der Waals surface area contributed by atoms with Crippen LogP contribution in [-0.4, -0.2) is 50.1 Å². The van der Waals surface area contributed by atoms with E-state index in [1.165, 1.54) is 77.0 Å². The Labute approximate surface area is 413 Å². The molecule has 0 heterocycles. The molecule has 3 aromatic carbocycles. The number of ketones is 1. The van der Waals surface area contributed by atoms with Crippen LogP contribution in [0.4, 0.5) is 0 Å². The van der Waals surface area contributed by atoms with Crippen molar-refractivity contribution in [3.8, 4) is 0 Å². The maximum absolute atomic E-state index is 15.6. The molecule has 7 rings (SSSR count). The summed E-state index contributed by atoms with van der Waals surface area (Å²) in [5, 5.41) is 53.2. The summed E-state index contributed by atoms with van der Waals surface area (Å²) in [5.41, 5.74) is -1.00. The molecule has 4 N–H and O–H groups in total. The van der Waals surface area contributed by atoms with E-state index in [1.54, 1.807) is 0 Å². The number of unbranched alkanes of at least 4 members (excludes halogenated alkanes) is 10. The van der Waals surface area contributed by atoms with Gasteiger partial charge in [-0.25, -0.2) is 0 Å². The Morgan fingerprint density at radius 2 is 1.21 bits per heavy atom. The molecule has 12 atom stereocenters. The van der Waals surface area contributed by atoms with Crippen LogP contribution in [0.5, 0.6) is 0 Å². The summed E-state index contributed by atoms with van der Waals surface area (Å²) in [6, 6.07) is 29.3. The molecule has 4 aliphatic rings. The number of benzene rings is 3. The average molecular weight is 929 g/mol. The lowest BCUT2D eigenvalue weighted by Crippen LogP contribution is -2.69. The van der Waals surface area contributed by atoms with Gasteiger partial charge in [-0.3, -0.25) is 4.79 Å². The second-order valence-electron chi connectivity index (χ2n) is 23.6. The molecule has 3 aromatic rings. The Bertz CT molecular complexity index is 1930. The fourth-order valence-electron chi connectivity index (χ4n) is 15.6. The molecule has 4 aliphatic carbocycles. The number of aliphatic hydroxyl groups excluding tert-OH is 3. The summed E-state index contributed by atoms with van der Waals surface area (Å²) in [5.74, 6) is 2.15. The molecule has 68 heavy (non-hydrogen) atoms. The lowest BCUT2D eigenvalue weighted by molar-refractivity contribution is -0.205. The van der Waals surface area contributed by atoms with Gasteiger partial charge in [0.1, 0.15) is 6.10 Å².